The largest absolute Gasteiger partial charge is 0.494 e. The quantitative estimate of drug-likeness (QED) is 0.123. The third kappa shape index (κ3) is 8.53. The summed E-state index contributed by atoms with van der Waals surface area (Å²) in [6.07, 6.45) is 1.94. The van der Waals surface area contributed by atoms with Crippen molar-refractivity contribution in [2.75, 3.05) is 27.1 Å². The fourth-order valence-electron chi connectivity index (χ4n) is 14.0. The van der Waals surface area contributed by atoms with E-state index < -0.39 is 34.3 Å². The van der Waals surface area contributed by atoms with Crippen molar-refractivity contribution in [1.29, 1.82) is 0 Å². The fraction of sp³-hybridized carbons (Fsp3) is 0.328. The molecule has 22 heteroatoms. The molecule has 3 aliphatic carbocycles. The molecule has 0 saturated heterocycles. The van der Waals surface area contributed by atoms with Gasteiger partial charge in [-0.15, -0.1) is 0 Å². The van der Waals surface area contributed by atoms with E-state index in [1.165, 1.54) is 45.6 Å². The average Bonchev–Trinajstić information content (AvgIpc) is 1.65. The van der Waals surface area contributed by atoms with Crippen molar-refractivity contribution in [1.82, 2.24) is 28.7 Å². The number of hydrogen-bond acceptors (Lipinski definition) is 16. The number of pyridine rings is 6. The summed E-state index contributed by atoms with van der Waals surface area (Å²) in [4.78, 5) is 90.8. The summed E-state index contributed by atoms with van der Waals surface area (Å²) in [5, 5.41) is 35.1. The molecule has 9 aromatic rings. The minimum Gasteiger partial charge on any atom is -0.494 e. The summed E-state index contributed by atoms with van der Waals surface area (Å²) < 4.78 is 62.7. The van der Waals surface area contributed by atoms with Crippen LogP contribution in [0.3, 0.4) is 0 Å². The van der Waals surface area contributed by atoms with Gasteiger partial charge in [0.05, 0.1) is 91.7 Å². The highest BCUT2D eigenvalue weighted by Gasteiger charge is 2.46. The van der Waals surface area contributed by atoms with Crippen molar-refractivity contribution in [2.24, 2.45) is 0 Å². The van der Waals surface area contributed by atoms with Crippen LogP contribution in [0.5, 0.6) is 17.2 Å². The fourth-order valence-corrected chi connectivity index (χ4v) is 14.0. The highest BCUT2D eigenvalue weighted by molar-refractivity contribution is 5.98. The first-order valence-corrected chi connectivity index (χ1v) is 29.4. The highest BCUT2D eigenvalue weighted by Crippen LogP contribution is 2.45. The number of fused-ring (bicyclic) bond motifs is 15. The molecule has 6 aromatic heterocycles. The average molecular weight is 1210 g/mol. The lowest BCUT2D eigenvalue weighted by Crippen LogP contribution is -2.43. The number of carbonyl (C=O) groups is 3. The van der Waals surface area contributed by atoms with Crippen LogP contribution in [-0.2, 0) is 70.1 Å². The van der Waals surface area contributed by atoms with E-state index in [1.54, 1.807) is 64.8 Å². The van der Waals surface area contributed by atoms with Gasteiger partial charge in [0.2, 0.25) is 0 Å². The maximum absolute atomic E-state index is 14.3. The number of aromatic nitrogens is 6. The molecule has 89 heavy (non-hydrogen) atoms. The van der Waals surface area contributed by atoms with Crippen LogP contribution in [0.4, 0.5) is 18.9 Å². The van der Waals surface area contributed by atoms with E-state index in [0.29, 0.717) is 138 Å². The molecular formula is C67H60F3N7O12. The number of carbonyl (C=O) groups excluding carboxylic acids is 3. The molecule has 19 nitrogen and oxygen atoms in total. The maximum atomic E-state index is 14.3. The van der Waals surface area contributed by atoms with Gasteiger partial charge < -0.3 is 49.0 Å². The first-order valence-electron chi connectivity index (χ1n) is 29.4. The summed E-state index contributed by atoms with van der Waals surface area (Å²) >= 11 is 0. The molecule has 0 radical (unpaired) electrons. The molecule has 5 N–H and O–H groups in total. The predicted octanol–water partition coefficient (Wildman–Crippen LogP) is 7.95. The second-order valence-corrected chi connectivity index (χ2v) is 23.5. The van der Waals surface area contributed by atoms with E-state index in [9.17, 15) is 57.3 Å². The van der Waals surface area contributed by atoms with E-state index in [2.05, 4.69) is 15.0 Å². The van der Waals surface area contributed by atoms with Crippen LogP contribution in [0, 0.1) is 24.4 Å². The molecule has 0 fully saturated rings. The third-order valence-corrected chi connectivity index (χ3v) is 19.2. The van der Waals surface area contributed by atoms with Gasteiger partial charge in [0.15, 0.2) is 52.0 Å². The van der Waals surface area contributed by atoms with Gasteiger partial charge >= 0.3 is 0 Å². The van der Waals surface area contributed by atoms with Crippen molar-refractivity contribution >= 4 is 55.7 Å². The monoisotopic (exact) mass is 1210 g/mol. The lowest BCUT2D eigenvalue weighted by atomic mass is 9.77. The normalized spacial score (nSPS) is 19.6. The van der Waals surface area contributed by atoms with Crippen molar-refractivity contribution < 1.29 is 57.1 Å². The summed E-state index contributed by atoms with van der Waals surface area (Å²) in [6, 6.07) is 15.6. The van der Waals surface area contributed by atoms with E-state index in [1.807, 2.05) is 13.0 Å². The number of anilines is 1. The van der Waals surface area contributed by atoms with Crippen LogP contribution >= 0.6 is 0 Å². The van der Waals surface area contributed by atoms with Gasteiger partial charge in [-0.2, -0.15) is 0 Å². The Kier molecular flexibility index (Phi) is 13.8. The lowest BCUT2D eigenvalue weighted by Gasteiger charge is -2.32. The smallest absolute Gasteiger partial charge is 0.254 e. The Balaban J connectivity index is 0.000000123. The van der Waals surface area contributed by atoms with Gasteiger partial charge in [-0.25, -0.2) is 28.1 Å². The number of ether oxygens (including phenoxy) is 3. The minimum atomic E-state index is -1.69. The van der Waals surface area contributed by atoms with Gasteiger partial charge in [0, 0.05) is 109 Å². The molecule has 3 aliphatic heterocycles. The van der Waals surface area contributed by atoms with Crippen LogP contribution in [0.2, 0.25) is 0 Å². The molecule has 0 saturated carbocycles. The number of Topliss-reactive ketones (excluding diaryl/α,β-unsaturated/α-hetero) is 3. The van der Waals surface area contributed by atoms with Crippen LogP contribution in [0.25, 0.3) is 66.9 Å². The molecule has 0 bridgehead atoms. The summed E-state index contributed by atoms with van der Waals surface area (Å²) in [5.41, 5.74) is 11.3. The molecule has 9 heterocycles. The van der Waals surface area contributed by atoms with Gasteiger partial charge in [-0.3, -0.25) is 28.8 Å². The van der Waals surface area contributed by atoms with Gasteiger partial charge in [0.25, 0.3) is 16.7 Å². The molecule has 3 aromatic carbocycles. The van der Waals surface area contributed by atoms with Gasteiger partial charge in [-0.1, -0.05) is 20.8 Å². The molecule has 456 valence electrons. The second-order valence-electron chi connectivity index (χ2n) is 23.5. The standard InChI is InChI=1S/C23H21FN2O4.C22H20FN3O4.C22H19FN2O4/c1-4-23(29)15-8-18-21-14(10-26(18)22(28)12(15)5-6-20(23)27)11(2)13-7-19(30-3)16(24)9-17(13)25-21;1-3-22(29)13-7-16-20-12(9-26(16)21(28)10(13)4-5-18(22)27)19(24)11-6-17(30-2)14(23)8-15(11)25-20;1-3-22(28)14-8-17-20-12(10-25(17)21(27)13(14)4-5-19(22)26)6-11-7-18(29-2)15(23)9-16(11)24-20/h7-9,29H,4-6,10H2,1-3H3;6-8,29H,3-5,9H2,1-2H3,(H2,24,25);6-9,28H,3-5,10H2,1-2H3/t23-;2*22-/m000/s1. The number of rotatable bonds is 6. The number of benzene rings is 3. The van der Waals surface area contributed by atoms with E-state index in [0.717, 1.165) is 22.1 Å². The number of nitrogen functional groups attached to an aromatic ring is 1. The third-order valence-electron chi connectivity index (χ3n) is 19.2. The first-order chi connectivity index (χ1) is 42.5. The zero-order valence-corrected chi connectivity index (χ0v) is 49.7. The number of halogens is 3. The summed E-state index contributed by atoms with van der Waals surface area (Å²) in [7, 11) is 4.19. The molecule has 3 atom stereocenters. The van der Waals surface area contributed by atoms with Crippen LogP contribution in [-0.4, -0.2) is 82.7 Å². The van der Waals surface area contributed by atoms with Crippen molar-refractivity contribution in [3.63, 3.8) is 0 Å². The second kappa shape index (κ2) is 20.9. The number of nitrogens with zero attached hydrogens (tertiary/aromatic N) is 6. The Morgan fingerprint density at radius 1 is 0.472 bits per heavy atom. The molecule has 6 aliphatic rings. The Morgan fingerprint density at radius 2 is 0.843 bits per heavy atom. The van der Waals surface area contributed by atoms with E-state index >= 15 is 0 Å². The first kappa shape index (κ1) is 58.6. The SMILES string of the molecule is CC[C@@]1(O)C(=O)CCc2c1cc1n(c2=O)Cc2c-1nc1cc(F)c(OC)cc1c2C.CC[C@@]1(O)C(=O)CCc2c1cc1n(c2=O)Cc2c-1nc1cc(F)c(OC)cc1c2N.CC[C@@]1(O)C(=O)CCc2c1cc1n(c2=O)Cc2cc3cc(OC)c(F)cc3nc2-1. The van der Waals surface area contributed by atoms with Crippen LogP contribution < -0.4 is 36.6 Å². The van der Waals surface area contributed by atoms with Gasteiger partial charge in [-0.05, 0) is 93.5 Å². The number of nitrogens with two attached hydrogens (primary N) is 1. The van der Waals surface area contributed by atoms with E-state index in [4.69, 9.17) is 19.9 Å². The van der Waals surface area contributed by atoms with Crippen molar-refractivity contribution in [2.45, 2.75) is 122 Å². The number of ketones is 3. The summed E-state index contributed by atoms with van der Waals surface area (Å²) in [6.45, 7) is 8.02. The molecule has 0 amide bonds. The van der Waals surface area contributed by atoms with Crippen LogP contribution in [0.15, 0.2) is 75.0 Å². The Bertz CT molecular complexity index is 4700. The molecule has 15 rings (SSSR count). The minimum absolute atomic E-state index is 0.0608. The number of aryl methyl sites for hydroxylation is 1. The summed E-state index contributed by atoms with van der Waals surface area (Å²) in [5.74, 6) is -2.08. The predicted molar refractivity (Wildman–Crippen MR) is 323 cm³/mol. The van der Waals surface area contributed by atoms with Crippen LogP contribution in [0.1, 0.15) is 115 Å². The van der Waals surface area contributed by atoms with Gasteiger partial charge in [0.1, 0.15) is 16.8 Å². The van der Waals surface area contributed by atoms with Crippen molar-refractivity contribution in [3.05, 3.63) is 165 Å². The topological polar surface area (TPSA) is 270 Å². The number of methoxy groups -OCH3 is 3. The molecule has 0 spiro atoms. The Hall–Kier alpha value is -9.38. The van der Waals surface area contributed by atoms with E-state index in [-0.39, 0.29) is 96.3 Å². The molecule has 0 unspecified atom stereocenters. The highest BCUT2D eigenvalue weighted by atomic mass is 19.1. The Morgan fingerprint density at radius 3 is 1.29 bits per heavy atom. The zero-order valence-electron chi connectivity index (χ0n) is 49.7. The van der Waals surface area contributed by atoms with Crippen molar-refractivity contribution in [3.8, 4) is 51.4 Å². The number of hydrogen-bond donors (Lipinski definition) is 4. The Labute approximate surface area is 504 Å². The zero-order chi connectivity index (χ0) is 63.2. The lowest BCUT2D eigenvalue weighted by molar-refractivity contribution is -0.140. The molecular weight excluding hydrogens is 1150 g/mol. The maximum Gasteiger partial charge on any atom is 0.254 e. The number of aliphatic hydroxyl groups is 3.